The van der Waals surface area contributed by atoms with Crippen LogP contribution in [0, 0.1) is 0 Å². The molecule has 0 saturated heterocycles. The van der Waals surface area contributed by atoms with Gasteiger partial charge in [0.05, 0.1) is 25.2 Å². The van der Waals surface area contributed by atoms with Crippen LogP contribution in [0.5, 0.6) is 0 Å². The highest BCUT2D eigenvalue weighted by Gasteiger charge is 2.24. The number of anilines is 1. The lowest BCUT2D eigenvalue weighted by Crippen LogP contribution is -2.26. The molecule has 11 heteroatoms. The van der Waals surface area contributed by atoms with E-state index in [4.69, 9.17) is 14.3 Å². The van der Waals surface area contributed by atoms with Crippen molar-refractivity contribution in [3.05, 3.63) is 71.1 Å². The maximum Gasteiger partial charge on any atom is 0.338 e. The number of fused-ring (bicyclic) bond motifs is 2. The van der Waals surface area contributed by atoms with Gasteiger partial charge in [-0.1, -0.05) is 27.7 Å². The second-order valence-corrected chi connectivity index (χ2v) is 12.6. The molecule has 42 heavy (non-hydrogen) atoms. The Labute approximate surface area is 252 Å². The first-order valence-corrected chi connectivity index (χ1v) is 15.7. The van der Waals surface area contributed by atoms with Gasteiger partial charge in [-0.2, -0.15) is 0 Å². The lowest BCUT2D eigenvalue weighted by molar-refractivity contribution is -0.136. The molecule has 220 valence electrons. The van der Waals surface area contributed by atoms with Crippen molar-refractivity contribution in [3.8, 4) is 22.5 Å². The Morgan fingerprint density at radius 1 is 0.976 bits per heavy atom. The number of ether oxygens (including phenoxy) is 1. The summed E-state index contributed by atoms with van der Waals surface area (Å²) in [4.78, 5) is 38.7. The summed E-state index contributed by atoms with van der Waals surface area (Å²) in [6.07, 6.45) is 0.0976. The van der Waals surface area contributed by atoms with Crippen LogP contribution in [0.3, 0.4) is 0 Å². The number of aliphatic carboxylic acids is 1. The Balaban J connectivity index is 1.76. The van der Waals surface area contributed by atoms with Gasteiger partial charge in [0, 0.05) is 72.0 Å². The summed E-state index contributed by atoms with van der Waals surface area (Å²) >= 11 is 0. The van der Waals surface area contributed by atoms with Crippen LogP contribution in [-0.2, 0) is 9.53 Å². The Hall–Kier alpha value is -3.96. The number of hydrogen-bond donors (Lipinski definition) is 2. The molecule has 1 amide bonds. The molecule has 0 atom stereocenters. The topological polar surface area (TPSA) is 112 Å². The molecule has 0 radical (unpaired) electrons. The molecule has 0 aromatic heterocycles. The maximum atomic E-state index is 13.1. The van der Waals surface area contributed by atoms with E-state index in [0.717, 1.165) is 27.6 Å². The molecule has 2 aliphatic rings. The number of methoxy groups -OCH3 is 1. The molecule has 2 N–H and O–H groups in total. The SMILES string of the molecule is COC(=O)c1cc(C(=O)NCCSSCCC(=O)O)ccc1-c1c2ccc(=[N+](C)C)cc-2oc2cc(N(C)C)ccc12. The summed E-state index contributed by atoms with van der Waals surface area (Å²) in [7, 11) is 12.1. The van der Waals surface area contributed by atoms with Crippen molar-refractivity contribution in [2.24, 2.45) is 0 Å². The van der Waals surface area contributed by atoms with Crippen LogP contribution >= 0.6 is 21.6 Å². The zero-order valence-electron chi connectivity index (χ0n) is 24.2. The number of amides is 1. The van der Waals surface area contributed by atoms with Crippen molar-refractivity contribution < 1.29 is 28.6 Å². The van der Waals surface area contributed by atoms with Crippen LogP contribution in [0.4, 0.5) is 5.69 Å². The first-order chi connectivity index (χ1) is 20.1. The number of rotatable bonds is 11. The molecule has 1 aliphatic heterocycles. The van der Waals surface area contributed by atoms with Crippen LogP contribution in [0.15, 0.2) is 59.0 Å². The fourth-order valence-electron chi connectivity index (χ4n) is 4.45. The fourth-order valence-corrected chi connectivity index (χ4v) is 6.34. The molecule has 0 unspecified atom stereocenters. The van der Waals surface area contributed by atoms with E-state index in [1.807, 2.05) is 74.1 Å². The van der Waals surface area contributed by atoms with E-state index in [2.05, 4.69) is 5.32 Å². The van der Waals surface area contributed by atoms with Gasteiger partial charge >= 0.3 is 11.9 Å². The molecular formula is C31H34N3O6S2+. The maximum absolute atomic E-state index is 13.1. The first-order valence-electron chi connectivity index (χ1n) is 13.3. The number of carboxylic acid groups (broad SMARTS) is 1. The molecule has 2 aromatic rings. The number of benzene rings is 3. The zero-order chi connectivity index (χ0) is 30.4. The summed E-state index contributed by atoms with van der Waals surface area (Å²) in [5, 5.41) is 13.4. The van der Waals surface area contributed by atoms with Gasteiger partial charge in [0.15, 0.2) is 0 Å². The highest BCUT2D eigenvalue weighted by Crippen LogP contribution is 2.42. The second-order valence-electron chi connectivity index (χ2n) is 9.92. The smallest absolute Gasteiger partial charge is 0.338 e. The Bertz CT molecular complexity index is 1680. The van der Waals surface area contributed by atoms with E-state index in [1.54, 1.807) is 18.2 Å². The third kappa shape index (κ3) is 7.08. The lowest BCUT2D eigenvalue weighted by Gasteiger charge is -2.19. The number of esters is 1. The molecule has 9 nitrogen and oxygen atoms in total. The highest BCUT2D eigenvalue weighted by atomic mass is 33.1. The van der Waals surface area contributed by atoms with Gasteiger partial charge in [-0.05, 0) is 35.9 Å². The minimum Gasteiger partial charge on any atom is -0.481 e. The largest absolute Gasteiger partial charge is 0.481 e. The van der Waals surface area contributed by atoms with Gasteiger partial charge in [-0.25, -0.2) is 9.37 Å². The monoisotopic (exact) mass is 608 g/mol. The molecule has 2 aromatic carbocycles. The molecule has 0 fully saturated rings. The molecule has 0 bridgehead atoms. The lowest BCUT2D eigenvalue weighted by atomic mass is 9.89. The molecule has 4 rings (SSSR count). The predicted octanol–water partition coefficient (Wildman–Crippen LogP) is 4.67. The number of hydrogen-bond acceptors (Lipinski definition) is 8. The van der Waals surface area contributed by atoms with E-state index in [1.165, 1.54) is 28.7 Å². The Kier molecular flexibility index (Phi) is 10.2. The van der Waals surface area contributed by atoms with Crippen LogP contribution < -0.4 is 20.1 Å². The van der Waals surface area contributed by atoms with Gasteiger partial charge in [-0.3, -0.25) is 9.59 Å². The predicted molar refractivity (Wildman–Crippen MR) is 171 cm³/mol. The third-order valence-electron chi connectivity index (χ3n) is 6.63. The molecule has 0 saturated carbocycles. The van der Waals surface area contributed by atoms with E-state index in [9.17, 15) is 14.4 Å². The minimum absolute atomic E-state index is 0.0976. The quantitative estimate of drug-likeness (QED) is 0.0825. The molecule has 1 heterocycles. The van der Waals surface area contributed by atoms with Gasteiger partial charge < -0.3 is 24.5 Å². The normalized spacial score (nSPS) is 11.0. The van der Waals surface area contributed by atoms with Gasteiger partial charge in [0.2, 0.25) is 5.36 Å². The summed E-state index contributed by atoms with van der Waals surface area (Å²) in [5.74, 6) is 0.0856. The zero-order valence-corrected chi connectivity index (χ0v) is 25.9. The van der Waals surface area contributed by atoms with Crippen molar-refractivity contribution in [1.29, 1.82) is 0 Å². The highest BCUT2D eigenvalue weighted by molar-refractivity contribution is 8.76. The second kappa shape index (κ2) is 13.8. The Morgan fingerprint density at radius 2 is 1.71 bits per heavy atom. The van der Waals surface area contributed by atoms with Crippen LogP contribution in [0.25, 0.3) is 33.4 Å². The van der Waals surface area contributed by atoms with Crippen LogP contribution in [0.1, 0.15) is 27.1 Å². The number of nitrogens with one attached hydrogen (secondary N) is 1. The minimum atomic E-state index is -0.830. The van der Waals surface area contributed by atoms with Crippen molar-refractivity contribution in [2.75, 3.05) is 58.3 Å². The van der Waals surface area contributed by atoms with E-state index in [-0.39, 0.29) is 17.9 Å². The number of carbonyl (C=O) groups is 3. The average molecular weight is 609 g/mol. The average Bonchev–Trinajstić information content (AvgIpc) is 2.97. The number of carbonyl (C=O) groups excluding carboxylic acids is 2. The molecule has 1 aliphatic carbocycles. The number of carboxylic acids is 1. The van der Waals surface area contributed by atoms with Crippen LogP contribution in [-0.4, -0.2) is 76.3 Å². The number of nitrogens with zero attached hydrogens (tertiary/aromatic N) is 2. The van der Waals surface area contributed by atoms with Crippen molar-refractivity contribution in [2.45, 2.75) is 6.42 Å². The van der Waals surface area contributed by atoms with Gasteiger partial charge in [0.25, 0.3) is 5.91 Å². The summed E-state index contributed by atoms with van der Waals surface area (Å²) < 4.78 is 13.6. The van der Waals surface area contributed by atoms with Crippen molar-refractivity contribution in [1.82, 2.24) is 9.89 Å². The summed E-state index contributed by atoms with van der Waals surface area (Å²) in [6.45, 7) is 0.400. The molecular weight excluding hydrogens is 574 g/mol. The van der Waals surface area contributed by atoms with Crippen molar-refractivity contribution in [3.63, 3.8) is 0 Å². The third-order valence-corrected chi connectivity index (χ3v) is 9.04. The van der Waals surface area contributed by atoms with E-state index >= 15 is 0 Å². The van der Waals surface area contributed by atoms with Gasteiger partial charge in [0.1, 0.15) is 25.4 Å². The first kappa shape index (κ1) is 31.0. The van der Waals surface area contributed by atoms with Crippen molar-refractivity contribution >= 4 is 56.1 Å². The summed E-state index contributed by atoms with van der Waals surface area (Å²) in [6, 6.07) is 17.0. The standard InChI is InChI=1S/C31H33N3O6S2/c1-33(2)20-7-10-23-26(17-20)40-27-18-21(34(3)4)8-11-24(27)29(23)22-9-6-19(16-25(22)31(38)39-5)30(37)32-13-15-42-41-14-12-28(35)36/h6-11,16-18H,12-15H2,1-5H3,(H-,32,35,36,37)/p+1. The van der Waals surface area contributed by atoms with Crippen LogP contribution in [0.2, 0.25) is 0 Å². The fraction of sp³-hybridized carbons (Fsp3) is 0.290. The molecule has 0 spiro atoms. The van der Waals surface area contributed by atoms with E-state index < -0.39 is 11.9 Å². The Morgan fingerprint density at radius 3 is 2.40 bits per heavy atom. The van der Waals surface area contributed by atoms with Gasteiger partial charge in [-0.15, -0.1) is 0 Å². The summed E-state index contributed by atoms with van der Waals surface area (Å²) in [5.41, 5.74) is 4.50. The van der Waals surface area contributed by atoms with E-state index in [0.29, 0.717) is 40.5 Å².